The van der Waals surface area contributed by atoms with Crippen molar-refractivity contribution in [3.63, 3.8) is 0 Å². The van der Waals surface area contributed by atoms with E-state index in [4.69, 9.17) is 16.3 Å². The number of hydrogen-bond donors (Lipinski definition) is 5. The fourth-order valence-electron chi connectivity index (χ4n) is 3.03. The molecule has 1 fully saturated rings. The number of carbonyl (C=O) groups excluding carboxylic acids is 3. The number of ether oxygens (including phenoxy) is 1. The van der Waals surface area contributed by atoms with E-state index in [-0.39, 0.29) is 12.0 Å². The number of aromatic hydroxyl groups is 2. The number of phenolic OH excluding ortho intramolecular Hbond substituents is 2. The van der Waals surface area contributed by atoms with Gasteiger partial charge in [-0.1, -0.05) is 11.6 Å². The van der Waals surface area contributed by atoms with Crippen LogP contribution in [0, 0.1) is 0 Å². The molecule has 5 N–H and O–H groups in total. The Kier molecular flexibility index (Phi) is 7.54. The number of rotatable bonds is 7. The van der Waals surface area contributed by atoms with Crippen LogP contribution in [-0.2, 0) is 25.4 Å². The van der Waals surface area contributed by atoms with Crippen molar-refractivity contribution in [2.75, 3.05) is 6.61 Å². The zero-order valence-corrected chi connectivity index (χ0v) is 18.2. The predicted octanol–water partition coefficient (Wildman–Crippen LogP) is -0.166. The van der Waals surface area contributed by atoms with Gasteiger partial charge in [0.2, 0.25) is 5.91 Å². The molecule has 1 saturated heterocycles. The topological polar surface area (TPSA) is 206 Å². The van der Waals surface area contributed by atoms with Crippen LogP contribution in [0.3, 0.4) is 0 Å². The van der Waals surface area contributed by atoms with Gasteiger partial charge in [-0.25, -0.2) is 15.0 Å². The third-order valence-corrected chi connectivity index (χ3v) is 6.30. The number of aliphatic carboxylic acids is 1. The lowest BCUT2D eigenvalue weighted by atomic mass is 9.92. The highest BCUT2D eigenvalue weighted by Gasteiger charge is 2.52. The molecular weight excluding hydrogens is 474 g/mol. The van der Waals surface area contributed by atoms with E-state index in [9.17, 15) is 43.3 Å². The van der Waals surface area contributed by atoms with E-state index in [0.717, 1.165) is 24.0 Å². The second-order valence-electron chi connectivity index (χ2n) is 7.09. The summed E-state index contributed by atoms with van der Waals surface area (Å²) in [5.41, 5.74) is 3.38. The van der Waals surface area contributed by atoms with Gasteiger partial charge in [-0.2, -0.15) is 0 Å². The molecule has 2 rings (SSSR count). The number of nitrogens with one attached hydrogen (secondary N) is 2. The van der Waals surface area contributed by atoms with Crippen LogP contribution in [0.5, 0.6) is 11.5 Å². The van der Waals surface area contributed by atoms with E-state index in [0.29, 0.717) is 0 Å². The summed E-state index contributed by atoms with van der Waals surface area (Å²) >= 11 is 2.64. The molecule has 0 aromatic heterocycles. The lowest BCUT2D eigenvalue weighted by molar-refractivity contribution is -0.163. The molecule has 0 spiro atoms. The van der Waals surface area contributed by atoms with Crippen molar-refractivity contribution < 1.29 is 48.0 Å². The molecule has 0 radical (unpaired) electrons. The Balaban J connectivity index is 2.06. The predicted molar refractivity (Wildman–Crippen MR) is 106 cm³/mol. The smallest absolute Gasteiger partial charge is 0.426 e. The minimum atomic E-state index is -3.09. The van der Waals surface area contributed by atoms with Gasteiger partial charge in [-0.15, -0.1) is 0 Å². The molecule has 0 saturated carbocycles. The largest absolute Gasteiger partial charge is 0.772 e. The van der Waals surface area contributed by atoms with Crippen LogP contribution in [0.4, 0.5) is 4.79 Å². The number of halogens is 1. The number of carbonyl (C=O) groups is 4. The van der Waals surface area contributed by atoms with Gasteiger partial charge in [0.25, 0.3) is 5.91 Å². The summed E-state index contributed by atoms with van der Waals surface area (Å²) in [5, 5.41) is 27.9. The van der Waals surface area contributed by atoms with Crippen molar-refractivity contribution in [2.24, 2.45) is 0 Å². The molecule has 1 aromatic rings. The first-order valence-corrected chi connectivity index (χ1v) is 10.3. The maximum atomic E-state index is 12.1. The van der Waals surface area contributed by atoms with Crippen LogP contribution >= 0.6 is 11.6 Å². The average Bonchev–Trinajstić information content (AvgIpc) is 2.72. The molecule has 13 nitrogen and oxygen atoms in total. The van der Waals surface area contributed by atoms with Crippen molar-refractivity contribution >= 4 is 46.6 Å². The molecular formula is C17H19ClN3O10S-. The van der Waals surface area contributed by atoms with Crippen molar-refractivity contribution in [1.82, 2.24) is 15.8 Å². The molecule has 176 valence electrons. The lowest BCUT2D eigenvalue weighted by Gasteiger charge is -2.49. The SMILES string of the molecule is C[C@@H]1CC(=O)N1[C@@H](C(=O)O)[C@](C)(COC(=O)NNC(=O)c1ccc(O)c(O)c1Cl)S(=O)[O-]. The third kappa shape index (κ3) is 4.87. The Labute approximate surface area is 188 Å². The Hall–Kier alpha value is -3.10. The number of β-lactam (4-membered cyclic amide) rings is 1. The Bertz CT molecular complexity index is 990. The monoisotopic (exact) mass is 492 g/mol. The average molecular weight is 493 g/mol. The maximum Gasteiger partial charge on any atom is 0.426 e. The van der Waals surface area contributed by atoms with Crippen LogP contribution in [0.1, 0.15) is 30.6 Å². The van der Waals surface area contributed by atoms with Crippen molar-refractivity contribution in [3.8, 4) is 11.5 Å². The Morgan fingerprint density at radius 1 is 1.38 bits per heavy atom. The number of benzene rings is 1. The Morgan fingerprint density at radius 3 is 2.50 bits per heavy atom. The molecule has 3 amide bonds. The van der Waals surface area contributed by atoms with Crippen LogP contribution in [-0.4, -0.2) is 76.3 Å². The van der Waals surface area contributed by atoms with E-state index in [1.807, 2.05) is 5.43 Å². The summed E-state index contributed by atoms with van der Waals surface area (Å²) in [6.45, 7) is 1.58. The summed E-state index contributed by atoms with van der Waals surface area (Å²) < 4.78 is 26.2. The van der Waals surface area contributed by atoms with E-state index in [1.165, 1.54) is 0 Å². The summed E-state index contributed by atoms with van der Waals surface area (Å²) in [6, 6.07) is -0.308. The van der Waals surface area contributed by atoms with Crippen molar-refractivity contribution in [2.45, 2.75) is 37.1 Å². The molecule has 4 atom stereocenters. The first-order chi connectivity index (χ1) is 14.8. The molecule has 0 bridgehead atoms. The van der Waals surface area contributed by atoms with Gasteiger partial charge in [0.15, 0.2) is 11.5 Å². The standard InChI is InChI=1S/C17H20ClN3O10S/c1-7-5-10(23)21(7)13(15(26)27)17(2,32(29)30)6-31-16(28)20-19-14(25)8-3-4-9(22)12(24)11(8)18/h3-4,7,13,22,24H,5-6H2,1-2H3,(H,19,25)(H,20,28)(H,26,27)(H,29,30)/p-1/t7-,13+,17+/m1/s1. The number of nitrogens with zero attached hydrogens (tertiary/aromatic N) is 1. The highest BCUT2D eigenvalue weighted by Crippen LogP contribution is 2.35. The van der Waals surface area contributed by atoms with Gasteiger partial charge < -0.3 is 29.5 Å². The minimum Gasteiger partial charge on any atom is -0.772 e. The summed E-state index contributed by atoms with van der Waals surface area (Å²) in [4.78, 5) is 48.5. The normalized spacial score (nSPS) is 19.2. The highest BCUT2D eigenvalue weighted by molar-refractivity contribution is 7.80. The summed E-state index contributed by atoms with van der Waals surface area (Å²) in [5.74, 6) is -4.51. The van der Waals surface area contributed by atoms with Crippen LogP contribution in [0.25, 0.3) is 0 Å². The number of phenols is 2. The Morgan fingerprint density at radius 2 is 2.00 bits per heavy atom. The fraction of sp³-hybridized carbons (Fsp3) is 0.412. The maximum absolute atomic E-state index is 12.1. The first kappa shape index (κ1) is 25.2. The minimum absolute atomic E-state index is 0.0497. The number of amides is 3. The molecule has 15 heteroatoms. The zero-order valence-electron chi connectivity index (χ0n) is 16.7. The van der Waals surface area contributed by atoms with Gasteiger partial charge >= 0.3 is 12.1 Å². The van der Waals surface area contributed by atoms with E-state index < -0.39 is 74.9 Å². The first-order valence-electron chi connectivity index (χ1n) is 8.88. The van der Waals surface area contributed by atoms with Crippen LogP contribution in [0.15, 0.2) is 12.1 Å². The van der Waals surface area contributed by atoms with E-state index >= 15 is 0 Å². The summed E-state index contributed by atoms with van der Waals surface area (Å²) in [6.07, 6.45) is -1.30. The van der Waals surface area contributed by atoms with Crippen molar-refractivity contribution in [1.29, 1.82) is 0 Å². The van der Waals surface area contributed by atoms with Crippen LogP contribution < -0.4 is 10.9 Å². The fourth-order valence-corrected chi connectivity index (χ4v) is 3.83. The molecule has 1 aliphatic heterocycles. The van der Waals surface area contributed by atoms with Crippen molar-refractivity contribution in [3.05, 3.63) is 22.7 Å². The number of likely N-dealkylation sites (tertiary alicyclic amines) is 1. The van der Waals surface area contributed by atoms with Gasteiger partial charge in [0, 0.05) is 12.5 Å². The molecule has 1 heterocycles. The molecule has 0 aliphatic carbocycles. The van der Waals surface area contributed by atoms with Gasteiger partial charge in [0.1, 0.15) is 12.6 Å². The highest BCUT2D eigenvalue weighted by atomic mass is 35.5. The quantitative estimate of drug-likeness (QED) is 0.147. The zero-order chi connectivity index (χ0) is 24.4. The van der Waals surface area contributed by atoms with Crippen LogP contribution in [0.2, 0.25) is 5.02 Å². The van der Waals surface area contributed by atoms with E-state index in [1.54, 1.807) is 12.3 Å². The third-order valence-electron chi connectivity index (χ3n) is 4.81. The molecule has 32 heavy (non-hydrogen) atoms. The molecule has 1 aliphatic rings. The summed E-state index contributed by atoms with van der Waals surface area (Å²) in [7, 11) is 0. The molecule has 1 unspecified atom stereocenters. The second-order valence-corrected chi connectivity index (χ2v) is 8.87. The number of hydrogen-bond acceptors (Lipinski definition) is 9. The lowest BCUT2D eigenvalue weighted by Crippen LogP contribution is -2.68. The number of carboxylic acid groups (broad SMARTS) is 1. The number of hydrazine groups is 1. The molecule has 1 aromatic carbocycles. The second kappa shape index (κ2) is 9.58. The van der Waals surface area contributed by atoms with Gasteiger partial charge in [0.05, 0.1) is 15.3 Å². The number of carboxylic acids is 1. The van der Waals surface area contributed by atoms with E-state index in [2.05, 4.69) is 0 Å². The van der Waals surface area contributed by atoms with Gasteiger partial charge in [-0.3, -0.25) is 19.2 Å². The van der Waals surface area contributed by atoms with Gasteiger partial charge in [-0.05, 0) is 37.1 Å².